The number of fused-ring (bicyclic) bond motifs is 2. The molecule has 4 aromatic rings. The van der Waals surface area contributed by atoms with Gasteiger partial charge in [-0.05, 0) is 37.1 Å². The second-order valence-electron chi connectivity index (χ2n) is 7.17. The lowest BCUT2D eigenvalue weighted by Crippen LogP contribution is -2.32. The summed E-state index contributed by atoms with van der Waals surface area (Å²) in [5.74, 6) is 0.368. The molecule has 0 unspecified atom stereocenters. The summed E-state index contributed by atoms with van der Waals surface area (Å²) >= 11 is 4.70. The molecule has 0 saturated heterocycles. The third-order valence-corrected chi connectivity index (χ3v) is 6.72. The van der Waals surface area contributed by atoms with E-state index in [4.69, 9.17) is 0 Å². The molecule has 8 heteroatoms. The number of hydrogen-bond donors (Lipinski definition) is 0. The molecular formula is C22H17BrN4O2S. The molecule has 1 aliphatic heterocycles. The Morgan fingerprint density at radius 1 is 1.10 bits per heavy atom. The first-order valence-electron chi connectivity index (χ1n) is 9.61. The molecule has 0 spiro atoms. The van der Waals surface area contributed by atoms with Crippen LogP contribution in [0.1, 0.15) is 24.5 Å². The number of carbonyl (C=O) groups excluding carboxylic acids is 1. The van der Waals surface area contributed by atoms with E-state index in [1.54, 1.807) is 4.90 Å². The Morgan fingerprint density at radius 2 is 1.90 bits per heavy atom. The molecule has 0 saturated carbocycles. The highest BCUT2D eigenvalue weighted by Gasteiger charge is 2.34. The lowest BCUT2D eigenvalue weighted by atomic mass is 10.1. The van der Waals surface area contributed by atoms with Gasteiger partial charge in [-0.1, -0.05) is 58.5 Å². The number of hydrogen-bond acceptors (Lipinski definition) is 5. The van der Waals surface area contributed by atoms with E-state index in [-0.39, 0.29) is 11.5 Å². The van der Waals surface area contributed by atoms with Gasteiger partial charge in [0.25, 0.3) is 11.5 Å². The summed E-state index contributed by atoms with van der Waals surface area (Å²) in [6.07, 6.45) is 0.827. The van der Waals surface area contributed by atoms with Gasteiger partial charge < -0.3 is 4.90 Å². The Balaban J connectivity index is 1.75. The fourth-order valence-electron chi connectivity index (χ4n) is 3.79. The number of benzene rings is 2. The van der Waals surface area contributed by atoms with Gasteiger partial charge in [0.05, 0.1) is 11.3 Å². The van der Waals surface area contributed by atoms with Crippen molar-refractivity contribution in [3.63, 3.8) is 0 Å². The summed E-state index contributed by atoms with van der Waals surface area (Å²) in [5.41, 5.74) is 3.65. The molecular weight excluding hydrogens is 464 g/mol. The average molecular weight is 481 g/mol. The highest BCUT2D eigenvalue weighted by atomic mass is 79.9. The van der Waals surface area contributed by atoms with Gasteiger partial charge in [-0.15, -0.1) is 5.10 Å². The first-order chi connectivity index (χ1) is 14.5. The van der Waals surface area contributed by atoms with Crippen LogP contribution in [-0.2, 0) is 4.79 Å². The summed E-state index contributed by atoms with van der Waals surface area (Å²) in [6.45, 7) is 4.61. The molecule has 2 aromatic carbocycles. The Kier molecular flexibility index (Phi) is 4.56. The van der Waals surface area contributed by atoms with Crippen molar-refractivity contribution in [1.82, 2.24) is 14.6 Å². The fraction of sp³-hybridized carbons (Fsp3) is 0.182. The number of nitrogens with zero attached hydrogens (tertiary/aromatic N) is 4. The predicted octanol–water partition coefficient (Wildman–Crippen LogP) is 3.56. The maximum absolute atomic E-state index is 13.2. The summed E-state index contributed by atoms with van der Waals surface area (Å²) in [6, 6.07) is 13.5. The van der Waals surface area contributed by atoms with Crippen molar-refractivity contribution in [2.75, 3.05) is 11.4 Å². The van der Waals surface area contributed by atoms with Gasteiger partial charge in [0.1, 0.15) is 4.53 Å². The zero-order valence-electron chi connectivity index (χ0n) is 16.3. The molecule has 0 N–H and O–H groups in total. The largest absolute Gasteiger partial charge is 0.308 e. The molecule has 3 heterocycles. The monoisotopic (exact) mass is 480 g/mol. The van der Waals surface area contributed by atoms with E-state index < -0.39 is 0 Å². The van der Waals surface area contributed by atoms with E-state index in [0.29, 0.717) is 27.4 Å². The Bertz CT molecular complexity index is 1440. The summed E-state index contributed by atoms with van der Waals surface area (Å²) < 4.78 is 2.55. The number of rotatable bonds is 3. The van der Waals surface area contributed by atoms with Crippen LogP contribution in [0.15, 0.2) is 51.7 Å². The van der Waals surface area contributed by atoms with Gasteiger partial charge in [0.2, 0.25) is 4.96 Å². The van der Waals surface area contributed by atoms with Crippen LogP contribution in [-0.4, -0.2) is 27.0 Å². The predicted molar refractivity (Wildman–Crippen MR) is 122 cm³/mol. The number of aryl methyl sites for hydroxylation is 1. The van der Waals surface area contributed by atoms with Crippen LogP contribution in [0.2, 0.25) is 0 Å². The van der Waals surface area contributed by atoms with E-state index in [1.165, 1.54) is 15.9 Å². The molecule has 0 aliphatic carbocycles. The van der Waals surface area contributed by atoms with Crippen molar-refractivity contribution in [1.29, 1.82) is 0 Å². The third-order valence-electron chi connectivity index (χ3n) is 5.20. The highest BCUT2D eigenvalue weighted by Crippen LogP contribution is 2.37. The van der Waals surface area contributed by atoms with Crippen LogP contribution >= 0.6 is 27.3 Å². The number of aromatic nitrogens is 3. The zero-order valence-corrected chi connectivity index (χ0v) is 18.7. The van der Waals surface area contributed by atoms with Crippen LogP contribution < -0.4 is 15.0 Å². The van der Waals surface area contributed by atoms with Crippen molar-refractivity contribution >= 4 is 49.4 Å². The third kappa shape index (κ3) is 2.82. The van der Waals surface area contributed by atoms with E-state index in [1.807, 2.05) is 56.3 Å². The molecule has 0 radical (unpaired) electrons. The normalized spacial score (nSPS) is 15.3. The Labute approximate surface area is 184 Å². The molecule has 2 aromatic heterocycles. The highest BCUT2D eigenvalue weighted by molar-refractivity contribution is 9.10. The summed E-state index contributed by atoms with van der Waals surface area (Å²) in [5, 5.41) is 4.45. The molecule has 30 heavy (non-hydrogen) atoms. The van der Waals surface area contributed by atoms with Crippen molar-refractivity contribution in [2.45, 2.75) is 20.3 Å². The summed E-state index contributed by atoms with van der Waals surface area (Å²) in [7, 11) is 0. The minimum Gasteiger partial charge on any atom is -0.308 e. The van der Waals surface area contributed by atoms with Crippen molar-refractivity contribution in [3.8, 4) is 11.4 Å². The van der Waals surface area contributed by atoms with Crippen LogP contribution in [0.25, 0.3) is 21.9 Å². The molecule has 150 valence electrons. The van der Waals surface area contributed by atoms with Crippen molar-refractivity contribution in [3.05, 3.63) is 73.0 Å². The first-order valence-corrected chi connectivity index (χ1v) is 11.2. The number of halogens is 1. The van der Waals surface area contributed by atoms with Crippen LogP contribution in [0.5, 0.6) is 0 Å². The van der Waals surface area contributed by atoms with Gasteiger partial charge in [0.15, 0.2) is 5.82 Å². The zero-order chi connectivity index (χ0) is 21.0. The van der Waals surface area contributed by atoms with Crippen LogP contribution in [0.3, 0.4) is 0 Å². The lowest BCUT2D eigenvalue weighted by Gasteiger charge is -2.15. The van der Waals surface area contributed by atoms with Gasteiger partial charge in [-0.25, -0.2) is 0 Å². The Morgan fingerprint density at radius 3 is 2.63 bits per heavy atom. The van der Waals surface area contributed by atoms with Gasteiger partial charge in [0, 0.05) is 22.1 Å². The van der Waals surface area contributed by atoms with E-state index >= 15 is 0 Å². The Hall–Kier alpha value is -2.84. The van der Waals surface area contributed by atoms with Crippen LogP contribution in [0.4, 0.5) is 5.69 Å². The van der Waals surface area contributed by atoms with Crippen molar-refractivity contribution < 1.29 is 4.79 Å². The van der Waals surface area contributed by atoms with Crippen molar-refractivity contribution in [2.24, 2.45) is 0 Å². The fourth-order valence-corrected chi connectivity index (χ4v) is 5.15. The topological polar surface area (TPSA) is 67.6 Å². The second kappa shape index (κ2) is 7.14. The molecule has 6 nitrogen and oxygen atoms in total. The van der Waals surface area contributed by atoms with Crippen LogP contribution in [0, 0.1) is 6.92 Å². The smallest absolute Gasteiger partial charge is 0.291 e. The standard InChI is InChI=1S/C22H17BrN4O2S/c1-3-10-26-16-9-8-13(23)11-15(16)17(20(26)28)18-21(29)27-22(30-18)24-19(25-27)14-7-5-4-6-12(14)2/h4-9,11H,3,10H2,1-2H3/b18-17-. The quantitative estimate of drug-likeness (QED) is 0.449. The van der Waals surface area contributed by atoms with Gasteiger partial charge >= 0.3 is 0 Å². The lowest BCUT2D eigenvalue weighted by molar-refractivity contribution is -0.113. The molecule has 0 bridgehead atoms. The number of anilines is 1. The maximum atomic E-state index is 13.2. The summed E-state index contributed by atoms with van der Waals surface area (Å²) in [4.78, 5) is 33.3. The minimum atomic E-state index is -0.310. The molecule has 0 fully saturated rings. The second-order valence-corrected chi connectivity index (χ2v) is 9.07. The molecule has 0 atom stereocenters. The number of amides is 1. The van der Waals surface area contributed by atoms with E-state index in [2.05, 4.69) is 26.0 Å². The molecule has 5 rings (SSSR count). The number of carbonyl (C=O) groups is 1. The van der Waals surface area contributed by atoms with E-state index in [9.17, 15) is 9.59 Å². The SMILES string of the molecule is CCCN1C(=O)/C(=c2\sc3nc(-c4ccccc4C)nn3c2=O)c2cc(Br)ccc21. The van der Waals surface area contributed by atoms with Gasteiger partial charge in [-0.3, -0.25) is 9.59 Å². The number of thiazole rings is 1. The maximum Gasteiger partial charge on any atom is 0.291 e. The minimum absolute atomic E-state index is 0.148. The van der Waals surface area contributed by atoms with Gasteiger partial charge in [-0.2, -0.15) is 9.50 Å². The van der Waals surface area contributed by atoms with E-state index in [0.717, 1.165) is 33.3 Å². The first kappa shape index (κ1) is 19.1. The molecule has 1 amide bonds. The molecule has 1 aliphatic rings. The average Bonchev–Trinajstić information content (AvgIpc) is 3.34.